The molecule has 79 heavy (non-hydrogen) atoms. The second kappa shape index (κ2) is 17.9. The van der Waals surface area contributed by atoms with Crippen LogP contribution in [0.2, 0.25) is 0 Å². The molecule has 0 amide bonds. The largest absolute Gasteiger partial charge is 0.310 e. The van der Waals surface area contributed by atoms with Crippen LogP contribution in [0.15, 0.2) is 273 Å². The lowest BCUT2D eigenvalue weighted by molar-refractivity contribution is 0.660. The van der Waals surface area contributed by atoms with Gasteiger partial charge in [-0.2, -0.15) is 0 Å². The average Bonchev–Trinajstić information content (AvgIpc) is 4.28. The number of hydrogen-bond donors (Lipinski definition) is 0. The topological polar surface area (TPSA) is 11.4 Å². The van der Waals surface area contributed by atoms with E-state index < -0.39 is 0 Å². The maximum absolute atomic E-state index is 2.47. The predicted molar refractivity (Wildman–Crippen MR) is 334 cm³/mol. The molecule has 1 heterocycles. The number of aromatic nitrogens is 1. The molecule has 0 aliphatic heterocycles. The van der Waals surface area contributed by atoms with E-state index in [0.717, 1.165) is 39.8 Å². The molecule has 0 spiro atoms. The summed E-state index contributed by atoms with van der Waals surface area (Å²) < 4.78 is 2.41. The third kappa shape index (κ3) is 7.41. The third-order valence-electron chi connectivity index (χ3n) is 17.4. The summed E-state index contributed by atoms with van der Waals surface area (Å²) in [5.74, 6) is 0. The Morgan fingerprint density at radius 2 is 0.747 bits per heavy atom. The lowest BCUT2D eigenvalue weighted by Crippen LogP contribution is -2.18. The molecule has 3 nitrogen and oxygen atoms in total. The van der Waals surface area contributed by atoms with E-state index in [1.54, 1.807) is 0 Å². The van der Waals surface area contributed by atoms with Crippen LogP contribution < -0.4 is 9.80 Å². The summed E-state index contributed by atoms with van der Waals surface area (Å²) in [5, 5.41) is 4.93. The third-order valence-corrected chi connectivity index (χ3v) is 17.4. The molecule has 2 aliphatic rings. The highest BCUT2D eigenvalue weighted by atomic mass is 15.2. The maximum atomic E-state index is 2.47. The average molecular weight is 1010 g/mol. The first kappa shape index (κ1) is 46.6. The minimum Gasteiger partial charge on any atom is -0.310 e. The first-order chi connectivity index (χ1) is 38.7. The minimum atomic E-state index is -0.269. The van der Waals surface area contributed by atoms with Gasteiger partial charge >= 0.3 is 0 Å². The Kier molecular flexibility index (Phi) is 10.6. The molecule has 0 saturated carbocycles. The van der Waals surface area contributed by atoms with E-state index in [1.807, 2.05) is 0 Å². The smallest absolute Gasteiger partial charge is 0.0541 e. The highest BCUT2D eigenvalue weighted by Crippen LogP contribution is 2.54. The van der Waals surface area contributed by atoms with Gasteiger partial charge in [-0.25, -0.2) is 0 Å². The van der Waals surface area contributed by atoms with Crippen molar-refractivity contribution in [2.45, 2.75) is 38.5 Å². The molecule has 0 saturated heterocycles. The predicted octanol–water partition coefficient (Wildman–Crippen LogP) is 20.8. The van der Waals surface area contributed by atoms with Crippen LogP contribution in [-0.2, 0) is 10.8 Å². The number of nitrogens with zero attached hydrogens (tertiary/aromatic N) is 3. The highest BCUT2D eigenvalue weighted by molar-refractivity contribution is 6.10. The van der Waals surface area contributed by atoms with E-state index in [4.69, 9.17) is 0 Å². The molecule has 1 aromatic heterocycles. The molecule has 12 aromatic carbocycles. The summed E-state index contributed by atoms with van der Waals surface area (Å²) in [6.07, 6.45) is 0. The van der Waals surface area contributed by atoms with Gasteiger partial charge in [0.1, 0.15) is 0 Å². The zero-order chi connectivity index (χ0) is 53.0. The molecule has 0 N–H and O–H groups in total. The highest BCUT2D eigenvalue weighted by Gasteiger charge is 2.38. The number of rotatable bonds is 9. The van der Waals surface area contributed by atoms with E-state index in [0.29, 0.717) is 0 Å². The first-order valence-electron chi connectivity index (χ1n) is 27.7. The molecular weight excluding hydrogens is 955 g/mol. The Bertz CT molecular complexity index is 4520. The van der Waals surface area contributed by atoms with Crippen LogP contribution >= 0.6 is 0 Å². The summed E-state index contributed by atoms with van der Waals surface area (Å²) in [6.45, 7) is 9.56. The Morgan fingerprint density at radius 1 is 0.278 bits per heavy atom. The fourth-order valence-corrected chi connectivity index (χ4v) is 13.3. The quantitative estimate of drug-likeness (QED) is 0.143. The Labute approximate surface area is 462 Å². The van der Waals surface area contributed by atoms with Crippen LogP contribution in [0.25, 0.3) is 82.8 Å². The van der Waals surface area contributed by atoms with Crippen molar-refractivity contribution in [2.75, 3.05) is 9.80 Å². The number of para-hydroxylation sites is 2. The molecule has 376 valence electrons. The van der Waals surface area contributed by atoms with Gasteiger partial charge in [-0.05, 0) is 175 Å². The van der Waals surface area contributed by atoms with Crippen molar-refractivity contribution in [1.82, 2.24) is 4.57 Å². The molecule has 0 radical (unpaired) electrons. The van der Waals surface area contributed by atoms with Crippen molar-refractivity contribution in [3.63, 3.8) is 0 Å². The van der Waals surface area contributed by atoms with Crippen LogP contribution in [0.4, 0.5) is 34.1 Å². The standard InChI is InChI=1S/C76H57N3/c1-75(2)68-27-15-13-25-62(68)64-43-40-59(48-70(64)75)77(56-36-38-57(39-37-56)78(55-22-9-6-10-23-55)72-29-17-21-52-20-11-12-24-61(52)72)60-41-44-65-63-42-32-54(47-69(63)76(3,4)71(65)49-60)53-33-45-74-67(46-53)66-26-14-16-28-73(66)79(74)58-34-30-51(31-35-58)50-18-7-5-8-19-50/h5-49H,1-4H3. The van der Waals surface area contributed by atoms with E-state index in [-0.39, 0.29) is 10.8 Å². The van der Waals surface area contributed by atoms with Crippen molar-refractivity contribution >= 4 is 66.7 Å². The molecule has 0 unspecified atom stereocenters. The summed E-state index contributed by atoms with van der Waals surface area (Å²) in [5.41, 5.74) is 25.4. The second-order valence-electron chi connectivity index (χ2n) is 22.5. The van der Waals surface area contributed by atoms with Gasteiger partial charge in [0.15, 0.2) is 0 Å². The van der Waals surface area contributed by atoms with Crippen LogP contribution in [0.5, 0.6) is 0 Å². The van der Waals surface area contributed by atoms with E-state index in [1.165, 1.54) is 99.3 Å². The van der Waals surface area contributed by atoms with Gasteiger partial charge in [-0.1, -0.05) is 198 Å². The first-order valence-corrected chi connectivity index (χ1v) is 27.7. The van der Waals surface area contributed by atoms with Crippen LogP contribution in [0.1, 0.15) is 49.9 Å². The van der Waals surface area contributed by atoms with Gasteiger partial charge in [0, 0.05) is 61.1 Å². The molecular formula is C76H57N3. The van der Waals surface area contributed by atoms with Crippen molar-refractivity contribution in [3.05, 3.63) is 295 Å². The minimum absolute atomic E-state index is 0.151. The maximum Gasteiger partial charge on any atom is 0.0541 e. The molecule has 0 bridgehead atoms. The van der Waals surface area contributed by atoms with Crippen molar-refractivity contribution in [2.24, 2.45) is 0 Å². The molecule has 0 fully saturated rings. The monoisotopic (exact) mass is 1010 g/mol. The van der Waals surface area contributed by atoms with Gasteiger partial charge in [-0.15, -0.1) is 0 Å². The van der Waals surface area contributed by atoms with E-state index in [9.17, 15) is 0 Å². The Hall–Kier alpha value is -9.70. The van der Waals surface area contributed by atoms with Crippen LogP contribution in [-0.4, -0.2) is 4.57 Å². The zero-order valence-electron chi connectivity index (χ0n) is 44.8. The van der Waals surface area contributed by atoms with Gasteiger partial charge in [0.05, 0.1) is 16.7 Å². The van der Waals surface area contributed by atoms with Crippen molar-refractivity contribution in [1.29, 1.82) is 0 Å². The number of benzene rings is 12. The van der Waals surface area contributed by atoms with Crippen LogP contribution in [0.3, 0.4) is 0 Å². The molecule has 0 atom stereocenters. The summed E-state index contributed by atoms with van der Waals surface area (Å²) in [7, 11) is 0. The summed E-state index contributed by atoms with van der Waals surface area (Å²) in [6, 6.07) is 101. The number of anilines is 6. The molecule has 3 heteroatoms. The summed E-state index contributed by atoms with van der Waals surface area (Å²) >= 11 is 0. The Morgan fingerprint density at radius 3 is 1.47 bits per heavy atom. The van der Waals surface area contributed by atoms with Gasteiger partial charge in [0.2, 0.25) is 0 Å². The van der Waals surface area contributed by atoms with Crippen molar-refractivity contribution in [3.8, 4) is 50.2 Å². The lowest BCUT2D eigenvalue weighted by atomic mass is 9.81. The molecule has 2 aliphatic carbocycles. The Balaban J connectivity index is 0.817. The number of fused-ring (bicyclic) bond motifs is 10. The van der Waals surface area contributed by atoms with Crippen molar-refractivity contribution < 1.29 is 0 Å². The number of hydrogen-bond acceptors (Lipinski definition) is 2. The lowest BCUT2D eigenvalue weighted by Gasteiger charge is -2.31. The van der Waals surface area contributed by atoms with Gasteiger partial charge < -0.3 is 14.4 Å². The fourth-order valence-electron chi connectivity index (χ4n) is 13.3. The summed E-state index contributed by atoms with van der Waals surface area (Å²) in [4.78, 5) is 4.86. The van der Waals surface area contributed by atoms with E-state index in [2.05, 4.69) is 315 Å². The fraction of sp³-hybridized carbons (Fsp3) is 0.0789. The molecule has 15 rings (SSSR count). The molecule has 13 aromatic rings. The van der Waals surface area contributed by atoms with Crippen LogP contribution in [0, 0.1) is 0 Å². The zero-order valence-corrected chi connectivity index (χ0v) is 44.8. The van der Waals surface area contributed by atoms with Gasteiger partial charge in [0.25, 0.3) is 0 Å². The normalized spacial score (nSPS) is 13.5. The second-order valence-corrected chi connectivity index (χ2v) is 22.5. The van der Waals surface area contributed by atoms with Gasteiger partial charge in [-0.3, -0.25) is 0 Å². The SMILES string of the molecule is CC1(C)c2ccccc2-c2ccc(N(c3ccc(N(c4ccccc4)c4cccc5ccccc45)cc3)c3ccc4c(c3)C(C)(C)c3cc(-c5ccc6c(c5)c5ccccc5n6-c5ccc(-c6ccccc6)cc5)ccc3-4)cc21. The van der Waals surface area contributed by atoms with E-state index >= 15 is 0 Å².